The van der Waals surface area contributed by atoms with E-state index in [-0.39, 0.29) is 22.2 Å². The van der Waals surface area contributed by atoms with Gasteiger partial charge in [0.2, 0.25) is 5.91 Å². The molecule has 1 aromatic rings. The normalized spacial score (nSPS) is 12.1. The summed E-state index contributed by atoms with van der Waals surface area (Å²) in [7, 11) is 3.70. The summed E-state index contributed by atoms with van der Waals surface area (Å²) in [6, 6.07) is 8.86. The zero-order valence-electron chi connectivity index (χ0n) is 14.3. The fraction of sp³-hybridized carbons (Fsp3) is 0.588. The summed E-state index contributed by atoms with van der Waals surface area (Å²) in [5, 5.41) is 2.99. The molecule has 0 bridgehead atoms. The van der Waals surface area contributed by atoms with Gasteiger partial charge in [0.1, 0.15) is 0 Å². The van der Waals surface area contributed by atoms with E-state index in [1.165, 1.54) is 16.2 Å². The lowest BCUT2D eigenvalue weighted by atomic mass is 9.92. The van der Waals surface area contributed by atoms with E-state index in [1.807, 2.05) is 0 Å². The average Bonchev–Trinajstić information content (AvgIpc) is 2.37. The second-order valence-electron chi connectivity index (χ2n) is 6.87. The highest BCUT2D eigenvalue weighted by molar-refractivity contribution is 8.76. The van der Waals surface area contributed by atoms with Crippen molar-refractivity contribution in [1.29, 1.82) is 0 Å². The van der Waals surface area contributed by atoms with Crippen molar-refractivity contribution in [2.75, 3.05) is 24.8 Å². The summed E-state index contributed by atoms with van der Waals surface area (Å²) < 4.78 is 0. The van der Waals surface area contributed by atoms with Gasteiger partial charge >= 0.3 is 0 Å². The van der Waals surface area contributed by atoms with Crippen LogP contribution in [-0.4, -0.2) is 30.7 Å². The smallest absolute Gasteiger partial charge is 0.220 e. The first-order chi connectivity index (χ1) is 10.3. The molecule has 1 aromatic carbocycles. The topological polar surface area (TPSA) is 29.1 Å². The molecule has 0 heterocycles. The summed E-state index contributed by atoms with van der Waals surface area (Å²) in [6.45, 7) is 6.99. The third-order valence-electron chi connectivity index (χ3n) is 2.78. The first-order valence-electron chi connectivity index (χ1n) is 7.56. The molecule has 0 fully saturated rings. The highest BCUT2D eigenvalue weighted by Gasteiger charge is 2.15. The van der Waals surface area contributed by atoms with Crippen molar-refractivity contribution in [1.82, 2.24) is 5.32 Å². The largest absolute Gasteiger partial charge is 0.355 e. The Bertz CT molecular complexity index is 452. The van der Waals surface area contributed by atoms with E-state index in [1.54, 1.807) is 21.6 Å². The molecule has 5 heteroatoms. The second-order valence-corrected chi connectivity index (χ2v) is 11.8. The fourth-order valence-electron chi connectivity index (χ4n) is 1.90. The molecular weight excluding hydrogens is 330 g/mol. The van der Waals surface area contributed by atoms with Crippen LogP contribution in [0.5, 0.6) is 0 Å². The molecule has 0 aromatic heterocycles. The van der Waals surface area contributed by atoms with Gasteiger partial charge in [-0.15, -0.1) is 0 Å². The molecule has 22 heavy (non-hydrogen) atoms. The maximum atomic E-state index is 11.7. The molecule has 1 rings (SSSR count). The van der Waals surface area contributed by atoms with Crippen LogP contribution in [0.15, 0.2) is 29.2 Å². The minimum Gasteiger partial charge on any atom is -0.355 e. The molecule has 0 saturated heterocycles. The monoisotopic (exact) mass is 359 g/mol. The Morgan fingerprint density at radius 3 is 2.36 bits per heavy atom. The number of carbonyl (C=O) groups excluding carboxylic acids is 1. The van der Waals surface area contributed by atoms with Crippen LogP contribution >= 0.6 is 32.5 Å². The van der Waals surface area contributed by atoms with Gasteiger partial charge in [0.25, 0.3) is 0 Å². The zero-order valence-corrected chi connectivity index (χ0v) is 16.8. The van der Waals surface area contributed by atoms with Crippen molar-refractivity contribution in [2.45, 2.75) is 37.8 Å². The molecule has 0 aliphatic carbocycles. The van der Waals surface area contributed by atoms with Crippen molar-refractivity contribution >= 4 is 38.4 Å². The van der Waals surface area contributed by atoms with Crippen molar-refractivity contribution in [2.24, 2.45) is 5.41 Å². The van der Waals surface area contributed by atoms with Gasteiger partial charge in [-0.2, -0.15) is 0 Å². The SMILES string of the molecule is C[SH](C)Cc1ccc(SSCCNC(=O)CC(C)(C)C)cc1. The molecule has 0 aliphatic heterocycles. The van der Waals surface area contributed by atoms with E-state index in [4.69, 9.17) is 0 Å². The lowest BCUT2D eigenvalue weighted by molar-refractivity contribution is -0.122. The first-order valence-corrected chi connectivity index (χ1v) is 12.3. The predicted molar refractivity (Wildman–Crippen MR) is 106 cm³/mol. The van der Waals surface area contributed by atoms with E-state index in [0.29, 0.717) is 6.42 Å². The van der Waals surface area contributed by atoms with Crippen molar-refractivity contribution in [3.63, 3.8) is 0 Å². The van der Waals surface area contributed by atoms with Crippen LogP contribution in [0.4, 0.5) is 0 Å². The lowest BCUT2D eigenvalue weighted by Gasteiger charge is -2.17. The molecule has 0 atom stereocenters. The van der Waals surface area contributed by atoms with Crippen LogP contribution in [0.2, 0.25) is 0 Å². The van der Waals surface area contributed by atoms with Gasteiger partial charge < -0.3 is 5.32 Å². The Morgan fingerprint density at radius 2 is 1.82 bits per heavy atom. The van der Waals surface area contributed by atoms with Crippen molar-refractivity contribution in [3.05, 3.63) is 29.8 Å². The van der Waals surface area contributed by atoms with Crippen LogP contribution < -0.4 is 5.32 Å². The maximum Gasteiger partial charge on any atom is 0.220 e. The third kappa shape index (κ3) is 9.70. The quantitative estimate of drug-likeness (QED) is 0.399. The Kier molecular flexibility index (Phi) is 8.80. The Labute approximate surface area is 146 Å². The van der Waals surface area contributed by atoms with Crippen LogP contribution in [-0.2, 0) is 10.5 Å². The summed E-state index contributed by atoms with van der Waals surface area (Å²) in [5.74, 6) is 2.28. The molecule has 2 nitrogen and oxygen atoms in total. The second kappa shape index (κ2) is 9.78. The van der Waals surface area contributed by atoms with Gasteiger partial charge in [0.15, 0.2) is 0 Å². The van der Waals surface area contributed by atoms with E-state index in [9.17, 15) is 4.79 Å². The van der Waals surface area contributed by atoms with E-state index in [2.05, 4.69) is 62.9 Å². The third-order valence-corrected chi connectivity index (χ3v) is 6.16. The Hall–Kier alpha value is -0.260. The van der Waals surface area contributed by atoms with Gasteiger partial charge in [0.05, 0.1) is 0 Å². The molecule has 126 valence electrons. The molecule has 0 unspecified atom stereocenters. The van der Waals surface area contributed by atoms with Crippen LogP contribution in [0.3, 0.4) is 0 Å². The maximum absolute atomic E-state index is 11.7. The number of hydrogen-bond donors (Lipinski definition) is 2. The standard InChI is InChI=1S/C17H29NOS3/c1-17(2,3)12-16(19)18-10-11-20-21-15-8-6-14(7-9-15)13-22(4)5/h6-9,22H,10-13H2,1-5H3,(H,18,19). The summed E-state index contributed by atoms with van der Waals surface area (Å²) in [5.41, 5.74) is 1.49. The van der Waals surface area contributed by atoms with Crippen molar-refractivity contribution < 1.29 is 4.79 Å². The first kappa shape index (κ1) is 19.8. The zero-order chi connectivity index (χ0) is 16.6. The number of hydrogen-bond acceptors (Lipinski definition) is 3. The summed E-state index contributed by atoms with van der Waals surface area (Å²) >= 11 is 0. The lowest BCUT2D eigenvalue weighted by Crippen LogP contribution is -2.29. The van der Waals surface area contributed by atoms with E-state index >= 15 is 0 Å². The molecule has 0 saturated carbocycles. The number of thiol groups is 1. The van der Waals surface area contributed by atoms with Gasteiger partial charge in [-0.25, -0.2) is 0 Å². The van der Waals surface area contributed by atoms with Crippen LogP contribution in [0.1, 0.15) is 32.8 Å². The number of rotatable bonds is 8. The molecular formula is C17H29NOS3. The van der Waals surface area contributed by atoms with Gasteiger partial charge in [-0.05, 0) is 41.4 Å². The van der Waals surface area contributed by atoms with Crippen molar-refractivity contribution in [3.8, 4) is 0 Å². The van der Waals surface area contributed by atoms with E-state index in [0.717, 1.165) is 12.3 Å². The summed E-state index contributed by atoms with van der Waals surface area (Å²) in [6.07, 6.45) is 5.20. The van der Waals surface area contributed by atoms with Gasteiger partial charge in [0, 0.05) is 23.6 Å². The minimum absolute atomic E-state index is 0.0606. The predicted octanol–water partition coefficient (Wildman–Crippen LogP) is 4.74. The number of nitrogens with one attached hydrogen (secondary N) is 1. The summed E-state index contributed by atoms with van der Waals surface area (Å²) in [4.78, 5) is 13.0. The molecule has 1 amide bonds. The molecule has 0 radical (unpaired) electrons. The van der Waals surface area contributed by atoms with Crippen LogP contribution in [0, 0.1) is 5.41 Å². The molecule has 0 aliphatic rings. The van der Waals surface area contributed by atoms with Gasteiger partial charge in [-0.3, -0.25) is 15.7 Å². The number of benzene rings is 1. The number of amides is 1. The molecule has 0 spiro atoms. The highest BCUT2D eigenvalue weighted by Crippen LogP contribution is 2.31. The fourth-order valence-corrected chi connectivity index (χ4v) is 4.74. The highest BCUT2D eigenvalue weighted by atomic mass is 33.1. The van der Waals surface area contributed by atoms with Crippen LogP contribution in [0.25, 0.3) is 0 Å². The average molecular weight is 360 g/mol. The molecule has 1 N–H and O–H groups in total. The number of carbonyl (C=O) groups is 1. The Morgan fingerprint density at radius 1 is 1.18 bits per heavy atom. The van der Waals surface area contributed by atoms with E-state index < -0.39 is 0 Å². The van der Waals surface area contributed by atoms with Gasteiger partial charge in [-0.1, -0.05) is 54.5 Å². The minimum atomic E-state index is 0.0606. The Balaban J connectivity index is 2.18.